The van der Waals surface area contributed by atoms with Crippen molar-refractivity contribution in [3.8, 4) is 5.75 Å². The normalized spacial score (nSPS) is 16.6. The Morgan fingerprint density at radius 2 is 1.95 bits per heavy atom. The average Bonchev–Trinajstić information content (AvgIpc) is 2.43. The maximum atomic E-state index is 11.7. The Bertz CT molecular complexity index is 713. The van der Waals surface area contributed by atoms with Gasteiger partial charge in [-0.25, -0.2) is 0 Å². The van der Waals surface area contributed by atoms with Crippen molar-refractivity contribution in [2.75, 3.05) is 0 Å². The second-order valence-electron chi connectivity index (χ2n) is 5.03. The van der Waals surface area contributed by atoms with E-state index in [1.54, 1.807) is 18.3 Å². The molecule has 0 bridgehead atoms. The lowest BCUT2D eigenvalue weighted by atomic mass is 9.96. The summed E-state index contributed by atoms with van der Waals surface area (Å²) in [5.74, 6) is 0.866. The molecule has 0 aliphatic heterocycles. The van der Waals surface area contributed by atoms with Gasteiger partial charge in [0.2, 0.25) is 0 Å². The summed E-state index contributed by atoms with van der Waals surface area (Å²) in [5.41, 5.74) is -0.167. The molecule has 5 heteroatoms. The number of aromatic amines is 1. The summed E-state index contributed by atoms with van der Waals surface area (Å²) in [7, 11) is 0. The maximum Gasteiger partial charge on any atom is 0.255 e. The van der Waals surface area contributed by atoms with Crippen molar-refractivity contribution in [2.45, 2.75) is 31.8 Å². The van der Waals surface area contributed by atoms with E-state index >= 15 is 0 Å². The molecule has 2 aromatic rings. The minimum atomic E-state index is -0.167. The Morgan fingerprint density at radius 1 is 1.20 bits per heavy atom. The quantitative estimate of drug-likeness (QED) is 0.925. The Morgan fingerprint density at radius 3 is 2.70 bits per heavy atom. The van der Waals surface area contributed by atoms with E-state index < -0.39 is 0 Å². The molecule has 104 valence electrons. The van der Waals surface area contributed by atoms with Crippen LogP contribution in [0.15, 0.2) is 29.2 Å². The molecule has 0 atom stereocenters. The molecule has 1 heterocycles. The average molecular weight is 292 g/mol. The number of ether oxygens (including phenoxy) is 1. The molecule has 0 spiro atoms. The van der Waals surface area contributed by atoms with Crippen LogP contribution >= 0.6 is 11.6 Å². The number of hydrogen-bond acceptors (Lipinski definition) is 3. The van der Waals surface area contributed by atoms with Gasteiger partial charge in [0.15, 0.2) is 0 Å². The van der Waals surface area contributed by atoms with Gasteiger partial charge in [-0.1, -0.05) is 11.6 Å². The number of carbonyl (C=O) groups excluding carboxylic acids is 1. The fourth-order valence-electron chi connectivity index (χ4n) is 2.49. The van der Waals surface area contributed by atoms with Crippen LogP contribution in [0.3, 0.4) is 0 Å². The maximum absolute atomic E-state index is 11.7. The largest absolute Gasteiger partial charge is 0.489 e. The second kappa shape index (κ2) is 5.29. The van der Waals surface area contributed by atoms with Crippen molar-refractivity contribution in [3.63, 3.8) is 0 Å². The molecule has 1 fully saturated rings. The van der Waals surface area contributed by atoms with Crippen molar-refractivity contribution in [1.29, 1.82) is 0 Å². The molecule has 0 amide bonds. The summed E-state index contributed by atoms with van der Waals surface area (Å²) >= 11 is 6.18. The first-order valence-corrected chi connectivity index (χ1v) is 7.00. The van der Waals surface area contributed by atoms with Crippen LogP contribution < -0.4 is 10.3 Å². The zero-order chi connectivity index (χ0) is 14.1. The van der Waals surface area contributed by atoms with E-state index in [0.29, 0.717) is 34.8 Å². The molecular weight excluding hydrogens is 278 g/mol. The van der Waals surface area contributed by atoms with E-state index in [-0.39, 0.29) is 11.7 Å². The number of pyridine rings is 1. The molecule has 1 N–H and O–H groups in total. The van der Waals surface area contributed by atoms with Gasteiger partial charge in [0.05, 0.1) is 11.1 Å². The van der Waals surface area contributed by atoms with Gasteiger partial charge in [-0.2, -0.15) is 0 Å². The first kappa shape index (κ1) is 13.2. The first-order valence-electron chi connectivity index (χ1n) is 6.63. The number of Topliss-reactive ketones (excluding diaryl/α,β-unsaturated/α-hetero) is 1. The summed E-state index contributed by atoms with van der Waals surface area (Å²) in [4.78, 5) is 25.5. The summed E-state index contributed by atoms with van der Waals surface area (Å²) in [6.45, 7) is 0. The predicted molar refractivity (Wildman–Crippen MR) is 77.5 cm³/mol. The number of ketones is 1. The van der Waals surface area contributed by atoms with E-state index in [2.05, 4.69) is 4.98 Å². The zero-order valence-electron chi connectivity index (χ0n) is 10.8. The third-order valence-corrected chi connectivity index (χ3v) is 3.91. The lowest BCUT2D eigenvalue weighted by Gasteiger charge is -2.23. The summed E-state index contributed by atoms with van der Waals surface area (Å²) in [6.07, 6.45) is 4.20. The highest BCUT2D eigenvalue weighted by Crippen LogP contribution is 2.31. The van der Waals surface area contributed by atoms with Gasteiger partial charge in [0, 0.05) is 24.4 Å². The Hall–Kier alpha value is -1.81. The van der Waals surface area contributed by atoms with Gasteiger partial charge >= 0.3 is 0 Å². The molecule has 4 nitrogen and oxygen atoms in total. The van der Waals surface area contributed by atoms with Crippen LogP contribution in [0, 0.1) is 0 Å². The number of halogens is 1. The molecular formula is C15H14ClNO3. The number of fused-ring (bicyclic) bond motifs is 1. The zero-order valence-corrected chi connectivity index (χ0v) is 11.6. The minimum Gasteiger partial charge on any atom is -0.489 e. The van der Waals surface area contributed by atoms with Gasteiger partial charge in [0.1, 0.15) is 11.5 Å². The SMILES string of the molecule is O=C1CCC(Oc2cc3cc[nH]c(=O)c3cc2Cl)CC1. The highest BCUT2D eigenvalue weighted by Gasteiger charge is 2.21. The lowest BCUT2D eigenvalue weighted by molar-refractivity contribution is -0.121. The predicted octanol–water partition coefficient (Wildman–Crippen LogP) is 3.07. The van der Waals surface area contributed by atoms with Crippen LogP contribution in [0.2, 0.25) is 5.02 Å². The van der Waals surface area contributed by atoms with E-state index in [1.165, 1.54) is 0 Å². The molecule has 1 aliphatic rings. The van der Waals surface area contributed by atoms with E-state index in [1.807, 2.05) is 6.07 Å². The van der Waals surface area contributed by atoms with Crippen LogP contribution in [-0.4, -0.2) is 16.9 Å². The topological polar surface area (TPSA) is 59.2 Å². The van der Waals surface area contributed by atoms with Crippen LogP contribution in [0.1, 0.15) is 25.7 Å². The Balaban J connectivity index is 1.90. The van der Waals surface area contributed by atoms with Crippen LogP contribution in [0.25, 0.3) is 10.8 Å². The Kier molecular flexibility index (Phi) is 3.49. The molecule has 1 aliphatic carbocycles. The van der Waals surface area contributed by atoms with E-state index in [9.17, 15) is 9.59 Å². The van der Waals surface area contributed by atoms with Crippen LogP contribution in [0.4, 0.5) is 0 Å². The van der Waals surface area contributed by atoms with Gasteiger partial charge in [-0.3, -0.25) is 9.59 Å². The van der Waals surface area contributed by atoms with Crippen molar-refractivity contribution in [1.82, 2.24) is 4.98 Å². The van der Waals surface area contributed by atoms with Gasteiger partial charge in [-0.05, 0) is 36.4 Å². The highest BCUT2D eigenvalue weighted by atomic mass is 35.5. The highest BCUT2D eigenvalue weighted by molar-refractivity contribution is 6.32. The summed E-state index contributed by atoms with van der Waals surface area (Å²) in [5, 5.41) is 1.76. The number of nitrogens with one attached hydrogen (secondary N) is 1. The third kappa shape index (κ3) is 2.56. The fraction of sp³-hybridized carbons (Fsp3) is 0.333. The van der Waals surface area contributed by atoms with Gasteiger partial charge in [0.25, 0.3) is 5.56 Å². The summed E-state index contributed by atoms with van der Waals surface area (Å²) < 4.78 is 5.89. The van der Waals surface area contributed by atoms with Crippen LogP contribution in [0.5, 0.6) is 5.75 Å². The molecule has 20 heavy (non-hydrogen) atoms. The number of carbonyl (C=O) groups is 1. The summed E-state index contributed by atoms with van der Waals surface area (Å²) in [6, 6.07) is 5.21. The molecule has 0 radical (unpaired) electrons. The molecule has 0 saturated heterocycles. The number of H-pyrrole nitrogens is 1. The third-order valence-electron chi connectivity index (χ3n) is 3.61. The number of hydrogen-bond donors (Lipinski definition) is 1. The lowest BCUT2D eigenvalue weighted by Crippen LogP contribution is -2.24. The second-order valence-corrected chi connectivity index (χ2v) is 5.44. The molecule has 1 saturated carbocycles. The molecule has 1 aromatic carbocycles. The van der Waals surface area contributed by atoms with E-state index in [4.69, 9.17) is 16.3 Å². The molecule has 0 unspecified atom stereocenters. The van der Waals surface area contributed by atoms with Crippen molar-refractivity contribution < 1.29 is 9.53 Å². The molecule has 3 rings (SSSR count). The van der Waals surface area contributed by atoms with Crippen molar-refractivity contribution in [3.05, 3.63) is 39.8 Å². The molecule has 1 aromatic heterocycles. The van der Waals surface area contributed by atoms with E-state index in [0.717, 1.165) is 18.2 Å². The minimum absolute atomic E-state index is 0.0182. The van der Waals surface area contributed by atoms with Crippen LogP contribution in [-0.2, 0) is 4.79 Å². The number of rotatable bonds is 2. The smallest absolute Gasteiger partial charge is 0.255 e. The number of aromatic nitrogens is 1. The standard InChI is InChI=1S/C15H14ClNO3/c16-13-8-12-9(5-6-17-15(12)19)7-14(13)20-11-3-1-10(18)2-4-11/h5-8,11H,1-4H2,(H,17,19). The van der Waals surface area contributed by atoms with Gasteiger partial charge < -0.3 is 9.72 Å². The monoisotopic (exact) mass is 291 g/mol. The number of benzene rings is 1. The van der Waals surface area contributed by atoms with Crippen molar-refractivity contribution >= 4 is 28.2 Å². The fourth-order valence-corrected chi connectivity index (χ4v) is 2.70. The van der Waals surface area contributed by atoms with Gasteiger partial charge in [-0.15, -0.1) is 0 Å². The van der Waals surface area contributed by atoms with Crippen molar-refractivity contribution in [2.24, 2.45) is 0 Å². The Labute approximate surface area is 120 Å². The first-order chi connectivity index (χ1) is 9.63.